The number of anilines is 6. The lowest BCUT2D eigenvalue weighted by molar-refractivity contribution is 0.669. The highest BCUT2D eigenvalue weighted by atomic mass is 16.3. The molecule has 4 heteroatoms. The monoisotopic (exact) mass is 896 g/mol. The number of aryl methyl sites for hydroxylation is 2. The maximum absolute atomic E-state index is 6.82. The molecular weight excluding hydrogens is 853 g/mol. The normalized spacial score (nSPS) is 11.9. The summed E-state index contributed by atoms with van der Waals surface area (Å²) in [6.45, 7) is 4.43. The molecular formula is C66H44N2O2. The van der Waals surface area contributed by atoms with Gasteiger partial charge in [-0.1, -0.05) is 170 Å². The second-order valence-corrected chi connectivity index (χ2v) is 18.5. The Morgan fingerprint density at radius 2 is 0.700 bits per heavy atom. The lowest BCUT2D eigenvalue weighted by Crippen LogP contribution is -2.12. The molecule has 14 aromatic rings. The summed E-state index contributed by atoms with van der Waals surface area (Å²) in [5.74, 6) is 0. The summed E-state index contributed by atoms with van der Waals surface area (Å²) < 4.78 is 13.6. The Hall–Kier alpha value is -9.12. The van der Waals surface area contributed by atoms with Crippen LogP contribution >= 0.6 is 0 Å². The molecule has 0 atom stereocenters. The summed E-state index contributed by atoms with van der Waals surface area (Å²) in [6, 6.07) is 83.1. The van der Waals surface area contributed by atoms with Gasteiger partial charge in [0.2, 0.25) is 0 Å². The van der Waals surface area contributed by atoms with E-state index < -0.39 is 0 Å². The van der Waals surface area contributed by atoms with Crippen LogP contribution in [0.1, 0.15) is 11.1 Å². The Bertz CT molecular complexity index is 4060. The maximum Gasteiger partial charge on any atom is 0.159 e. The molecule has 0 bridgehead atoms. The predicted octanol–water partition coefficient (Wildman–Crippen LogP) is 19.3. The van der Waals surface area contributed by atoms with Crippen LogP contribution in [0.3, 0.4) is 0 Å². The highest BCUT2D eigenvalue weighted by Crippen LogP contribution is 2.51. The Balaban J connectivity index is 1.02. The molecule has 2 heterocycles. The van der Waals surface area contributed by atoms with Gasteiger partial charge in [0.15, 0.2) is 11.2 Å². The van der Waals surface area contributed by atoms with Gasteiger partial charge in [-0.05, 0) is 129 Å². The first kappa shape index (κ1) is 40.0. The second-order valence-electron chi connectivity index (χ2n) is 18.5. The molecule has 0 fully saturated rings. The first-order valence-electron chi connectivity index (χ1n) is 24.0. The number of para-hydroxylation sites is 4. The summed E-state index contributed by atoms with van der Waals surface area (Å²) in [7, 11) is 0. The average Bonchev–Trinajstić information content (AvgIpc) is 3.99. The van der Waals surface area contributed by atoms with E-state index >= 15 is 0 Å². The van der Waals surface area contributed by atoms with Crippen molar-refractivity contribution in [2.24, 2.45) is 0 Å². The quantitative estimate of drug-likeness (QED) is 0.142. The van der Waals surface area contributed by atoms with Crippen LogP contribution < -0.4 is 9.80 Å². The zero-order chi connectivity index (χ0) is 46.5. The Labute approximate surface area is 404 Å². The third kappa shape index (κ3) is 6.16. The summed E-state index contributed by atoms with van der Waals surface area (Å²) in [6.07, 6.45) is 0. The van der Waals surface area contributed by atoms with E-state index in [9.17, 15) is 0 Å². The second kappa shape index (κ2) is 15.7. The van der Waals surface area contributed by atoms with Gasteiger partial charge in [-0.25, -0.2) is 0 Å². The SMILES string of the molecule is Cc1cc(N(c2ccc3ccc4c(N(c5ccc(-c6ccccc6)c(C)c5)c5cccc6c5oc5ccccc56)ccc5ccc2c3c54)c2cccc3c2oc2ccccc23)ccc1-c1ccccc1. The summed E-state index contributed by atoms with van der Waals surface area (Å²) in [5.41, 5.74) is 16.9. The van der Waals surface area contributed by atoms with E-state index in [1.54, 1.807) is 0 Å². The van der Waals surface area contributed by atoms with E-state index in [-0.39, 0.29) is 0 Å². The highest BCUT2D eigenvalue weighted by molar-refractivity contribution is 6.29. The first-order valence-corrected chi connectivity index (χ1v) is 24.0. The third-order valence-corrected chi connectivity index (χ3v) is 14.5. The topological polar surface area (TPSA) is 32.8 Å². The van der Waals surface area contributed by atoms with Crippen molar-refractivity contribution in [2.45, 2.75) is 13.8 Å². The van der Waals surface area contributed by atoms with Crippen molar-refractivity contribution in [1.29, 1.82) is 0 Å². The van der Waals surface area contributed by atoms with Gasteiger partial charge in [-0.15, -0.1) is 0 Å². The zero-order valence-corrected chi connectivity index (χ0v) is 38.7. The lowest BCUT2D eigenvalue weighted by atomic mass is 9.91. The summed E-state index contributed by atoms with van der Waals surface area (Å²) >= 11 is 0. The molecule has 0 amide bonds. The fraction of sp³-hybridized carbons (Fsp3) is 0.0303. The van der Waals surface area contributed by atoms with Crippen LogP contribution in [0.25, 0.3) is 98.4 Å². The molecule has 14 rings (SSSR count). The van der Waals surface area contributed by atoms with Crippen LogP contribution in [0.4, 0.5) is 34.1 Å². The number of furan rings is 2. The average molecular weight is 897 g/mol. The van der Waals surface area contributed by atoms with Crippen LogP contribution in [0.2, 0.25) is 0 Å². The van der Waals surface area contributed by atoms with Crippen LogP contribution in [0, 0.1) is 13.8 Å². The molecule has 12 aromatic carbocycles. The van der Waals surface area contributed by atoms with Gasteiger partial charge in [0.1, 0.15) is 11.2 Å². The van der Waals surface area contributed by atoms with E-state index in [0.717, 1.165) is 88.8 Å². The molecule has 0 saturated heterocycles. The molecule has 0 radical (unpaired) electrons. The number of hydrogen-bond donors (Lipinski definition) is 0. The Morgan fingerprint density at radius 3 is 1.14 bits per heavy atom. The molecule has 330 valence electrons. The van der Waals surface area contributed by atoms with E-state index in [4.69, 9.17) is 8.83 Å². The van der Waals surface area contributed by atoms with Gasteiger partial charge in [0.05, 0.1) is 22.7 Å². The van der Waals surface area contributed by atoms with Gasteiger partial charge in [-0.3, -0.25) is 0 Å². The van der Waals surface area contributed by atoms with E-state index in [1.165, 1.54) is 54.9 Å². The summed E-state index contributed by atoms with van der Waals surface area (Å²) in [4.78, 5) is 4.82. The number of rotatable bonds is 8. The number of nitrogens with zero attached hydrogens (tertiary/aromatic N) is 2. The smallest absolute Gasteiger partial charge is 0.159 e. The lowest BCUT2D eigenvalue weighted by Gasteiger charge is -2.30. The van der Waals surface area contributed by atoms with Gasteiger partial charge < -0.3 is 18.6 Å². The number of hydrogen-bond acceptors (Lipinski definition) is 4. The zero-order valence-electron chi connectivity index (χ0n) is 38.7. The van der Waals surface area contributed by atoms with Crippen molar-refractivity contribution in [2.75, 3.05) is 9.80 Å². The van der Waals surface area contributed by atoms with Gasteiger partial charge in [0, 0.05) is 43.7 Å². The molecule has 2 aromatic heterocycles. The largest absolute Gasteiger partial charge is 0.454 e. The Morgan fingerprint density at radius 1 is 0.300 bits per heavy atom. The first-order chi connectivity index (χ1) is 34.6. The molecule has 0 aliphatic carbocycles. The minimum atomic E-state index is 0.852. The molecule has 70 heavy (non-hydrogen) atoms. The molecule has 0 spiro atoms. The maximum atomic E-state index is 6.82. The fourth-order valence-corrected chi connectivity index (χ4v) is 11.2. The highest BCUT2D eigenvalue weighted by Gasteiger charge is 2.26. The summed E-state index contributed by atoms with van der Waals surface area (Å²) in [5, 5.41) is 11.5. The Kier molecular flexibility index (Phi) is 8.99. The van der Waals surface area contributed by atoms with Crippen molar-refractivity contribution >= 4 is 110 Å². The minimum Gasteiger partial charge on any atom is -0.454 e. The van der Waals surface area contributed by atoms with E-state index in [2.05, 4.69) is 242 Å². The van der Waals surface area contributed by atoms with Crippen LogP contribution in [0.15, 0.2) is 239 Å². The predicted molar refractivity (Wildman–Crippen MR) is 294 cm³/mol. The minimum absolute atomic E-state index is 0.852. The van der Waals surface area contributed by atoms with Gasteiger partial charge in [-0.2, -0.15) is 0 Å². The fourth-order valence-electron chi connectivity index (χ4n) is 11.2. The van der Waals surface area contributed by atoms with Crippen molar-refractivity contribution in [1.82, 2.24) is 0 Å². The van der Waals surface area contributed by atoms with Crippen LogP contribution in [-0.4, -0.2) is 0 Å². The third-order valence-electron chi connectivity index (χ3n) is 14.5. The number of benzene rings is 12. The molecule has 0 aliphatic heterocycles. The standard InChI is InChI=1S/C66H44N2O2/c1-41-39-47(31-35-49(41)43-15-5-3-6-16-43)67(59-23-13-21-53-51-19-9-11-25-61(51)69-65(53)59)57-37-29-45-28-34-56-58(38-30-46-27-33-55(57)63(45)64(46)56)68(48-32-36-50(42(2)40-48)44-17-7-4-8-18-44)60-24-14-22-54-52-20-10-12-26-62(52)70-66(54)60/h3-40H,1-2H3. The molecule has 0 unspecified atom stereocenters. The molecule has 0 aliphatic rings. The van der Waals surface area contributed by atoms with Gasteiger partial charge in [0.25, 0.3) is 0 Å². The van der Waals surface area contributed by atoms with Gasteiger partial charge >= 0.3 is 0 Å². The van der Waals surface area contributed by atoms with Crippen molar-refractivity contribution in [3.8, 4) is 22.3 Å². The molecule has 4 nitrogen and oxygen atoms in total. The van der Waals surface area contributed by atoms with Crippen molar-refractivity contribution in [3.63, 3.8) is 0 Å². The van der Waals surface area contributed by atoms with Crippen LogP contribution in [-0.2, 0) is 0 Å². The van der Waals surface area contributed by atoms with Crippen LogP contribution in [0.5, 0.6) is 0 Å². The van der Waals surface area contributed by atoms with E-state index in [1.807, 2.05) is 12.1 Å². The molecule has 0 N–H and O–H groups in total. The van der Waals surface area contributed by atoms with Crippen molar-refractivity contribution < 1.29 is 8.83 Å². The van der Waals surface area contributed by atoms with Crippen molar-refractivity contribution in [3.05, 3.63) is 242 Å². The molecule has 0 saturated carbocycles. The van der Waals surface area contributed by atoms with E-state index in [0.29, 0.717) is 0 Å². The number of fused-ring (bicyclic) bond motifs is 6.